The zero-order chi connectivity index (χ0) is 16.4. The largest absolute Gasteiger partial charge is 0.444 e. The van der Waals surface area contributed by atoms with Crippen molar-refractivity contribution < 1.29 is 14.3 Å². The number of ether oxygens (including phenoxy) is 1. The molecule has 0 spiro atoms. The van der Waals surface area contributed by atoms with Gasteiger partial charge in [-0.15, -0.1) is 0 Å². The molecule has 1 aromatic rings. The predicted octanol–water partition coefficient (Wildman–Crippen LogP) is 2.40. The highest BCUT2D eigenvalue weighted by Gasteiger charge is 2.47. The third-order valence-electron chi connectivity index (χ3n) is 3.56. The van der Waals surface area contributed by atoms with Gasteiger partial charge in [-0.1, -0.05) is 30.3 Å². The first kappa shape index (κ1) is 16.3. The van der Waals surface area contributed by atoms with Gasteiger partial charge in [0, 0.05) is 12.5 Å². The highest BCUT2D eigenvalue weighted by Crippen LogP contribution is 2.26. The molecule has 120 valence electrons. The summed E-state index contributed by atoms with van der Waals surface area (Å²) in [6.45, 7) is 7.33. The van der Waals surface area contributed by atoms with Crippen LogP contribution in [0.5, 0.6) is 0 Å². The maximum absolute atomic E-state index is 12.4. The number of carbonyl (C=O) groups is 2. The van der Waals surface area contributed by atoms with E-state index in [1.165, 1.54) is 0 Å². The van der Waals surface area contributed by atoms with E-state index in [0.29, 0.717) is 12.8 Å². The molecule has 1 aromatic carbocycles. The molecule has 5 heteroatoms. The maximum atomic E-state index is 12.4. The molecular formula is C17H24N2O3. The fraction of sp³-hybridized carbons (Fsp3) is 0.529. The molecule has 2 N–H and O–H groups in total. The molecule has 0 saturated carbocycles. The Labute approximate surface area is 131 Å². The summed E-state index contributed by atoms with van der Waals surface area (Å²) >= 11 is 0. The Morgan fingerprint density at radius 2 is 2.00 bits per heavy atom. The summed E-state index contributed by atoms with van der Waals surface area (Å²) in [7, 11) is 0. The van der Waals surface area contributed by atoms with Crippen molar-refractivity contribution in [1.82, 2.24) is 10.6 Å². The second-order valence-corrected chi connectivity index (χ2v) is 6.95. The summed E-state index contributed by atoms with van der Waals surface area (Å²) in [6.07, 6.45) is 0.427. The first-order valence-corrected chi connectivity index (χ1v) is 7.56. The van der Waals surface area contributed by atoms with Gasteiger partial charge in [0.15, 0.2) is 0 Å². The topological polar surface area (TPSA) is 67.4 Å². The number of rotatable bonds is 3. The molecule has 1 saturated heterocycles. The molecular weight excluding hydrogens is 280 g/mol. The molecule has 1 fully saturated rings. The Morgan fingerprint density at radius 3 is 2.50 bits per heavy atom. The Morgan fingerprint density at radius 1 is 1.36 bits per heavy atom. The van der Waals surface area contributed by atoms with Gasteiger partial charge in [0.05, 0.1) is 0 Å². The van der Waals surface area contributed by atoms with Crippen LogP contribution < -0.4 is 10.6 Å². The summed E-state index contributed by atoms with van der Waals surface area (Å²) in [4.78, 5) is 24.6. The lowest BCUT2D eigenvalue weighted by molar-refractivity contribution is -0.124. The van der Waals surface area contributed by atoms with Gasteiger partial charge in [0.2, 0.25) is 5.91 Å². The second-order valence-electron chi connectivity index (χ2n) is 6.95. The van der Waals surface area contributed by atoms with Crippen LogP contribution in [0.15, 0.2) is 30.3 Å². The Hall–Kier alpha value is -2.04. The van der Waals surface area contributed by atoms with E-state index in [1.54, 1.807) is 20.8 Å². The Kier molecular flexibility index (Phi) is 4.44. The van der Waals surface area contributed by atoms with Gasteiger partial charge in [-0.2, -0.15) is 0 Å². The highest BCUT2D eigenvalue weighted by atomic mass is 16.6. The zero-order valence-corrected chi connectivity index (χ0v) is 13.6. The molecule has 0 aromatic heterocycles. The first-order chi connectivity index (χ1) is 10.2. The summed E-state index contributed by atoms with van der Waals surface area (Å²) < 4.78 is 5.32. The number of nitrogens with one attached hydrogen (secondary N) is 2. The number of alkyl carbamates (subject to hydrolysis) is 1. The maximum Gasteiger partial charge on any atom is 0.408 e. The third-order valence-corrected chi connectivity index (χ3v) is 3.56. The van der Waals surface area contributed by atoms with Crippen LogP contribution in [0.1, 0.15) is 39.7 Å². The predicted molar refractivity (Wildman–Crippen MR) is 84.5 cm³/mol. The van der Waals surface area contributed by atoms with Gasteiger partial charge in [-0.05, 0) is 39.7 Å². The van der Waals surface area contributed by atoms with E-state index in [9.17, 15) is 9.59 Å². The molecule has 1 aliphatic rings. The summed E-state index contributed by atoms with van der Waals surface area (Å²) in [5.41, 5.74) is -0.551. The molecule has 5 nitrogen and oxygen atoms in total. The summed E-state index contributed by atoms with van der Waals surface area (Å²) in [6, 6.07) is 9.70. The Bertz CT molecular complexity index is 551. The lowest BCUT2D eigenvalue weighted by Crippen LogP contribution is -2.56. The normalized spacial score (nSPS) is 24.7. The van der Waals surface area contributed by atoms with Crippen molar-refractivity contribution in [2.75, 3.05) is 0 Å². The van der Waals surface area contributed by atoms with Gasteiger partial charge >= 0.3 is 6.09 Å². The van der Waals surface area contributed by atoms with Crippen LogP contribution in [0.2, 0.25) is 0 Å². The number of benzene rings is 1. The Balaban J connectivity index is 2.20. The van der Waals surface area contributed by atoms with Crippen LogP contribution in [0.25, 0.3) is 0 Å². The van der Waals surface area contributed by atoms with Crippen LogP contribution in [0.4, 0.5) is 4.79 Å². The smallest absolute Gasteiger partial charge is 0.408 e. The molecule has 1 heterocycles. The summed E-state index contributed by atoms with van der Waals surface area (Å²) in [5.74, 6) is -0.158. The average molecular weight is 304 g/mol. The third kappa shape index (κ3) is 4.00. The zero-order valence-electron chi connectivity index (χ0n) is 13.6. The van der Waals surface area contributed by atoms with Crippen molar-refractivity contribution in [3.8, 4) is 0 Å². The van der Waals surface area contributed by atoms with E-state index in [1.807, 2.05) is 37.3 Å². The van der Waals surface area contributed by atoms with E-state index in [0.717, 1.165) is 5.56 Å². The quantitative estimate of drug-likeness (QED) is 0.901. The molecule has 0 aliphatic carbocycles. The lowest BCUT2D eigenvalue weighted by Gasteiger charge is -2.29. The second kappa shape index (κ2) is 5.99. The minimum absolute atomic E-state index is 0.0196. The van der Waals surface area contributed by atoms with E-state index >= 15 is 0 Å². The standard InChI is InChI=1S/C17H24N2O3/c1-12-10-17(14(20)18-12,11-13-8-6-5-7-9-13)19-15(21)22-16(2,3)4/h5-9,12H,10-11H2,1-4H3,(H,18,20)(H,19,21)/t12-,17-/m1/s1. The lowest BCUT2D eigenvalue weighted by atomic mass is 9.88. The number of hydrogen-bond acceptors (Lipinski definition) is 3. The van der Waals surface area contributed by atoms with Crippen LogP contribution in [0.3, 0.4) is 0 Å². The molecule has 2 rings (SSSR count). The minimum Gasteiger partial charge on any atom is -0.444 e. The van der Waals surface area contributed by atoms with E-state index in [2.05, 4.69) is 10.6 Å². The molecule has 22 heavy (non-hydrogen) atoms. The number of hydrogen-bond donors (Lipinski definition) is 2. The van der Waals surface area contributed by atoms with E-state index in [4.69, 9.17) is 4.74 Å². The fourth-order valence-electron chi connectivity index (χ4n) is 2.78. The van der Waals surface area contributed by atoms with Gasteiger partial charge in [-0.25, -0.2) is 4.79 Å². The van der Waals surface area contributed by atoms with E-state index < -0.39 is 17.2 Å². The van der Waals surface area contributed by atoms with Crippen LogP contribution in [-0.4, -0.2) is 29.2 Å². The van der Waals surface area contributed by atoms with Crippen molar-refractivity contribution in [2.45, 2.75) is 57.7 Å². The van der Waals surface area contributed by atoms with Gasteiger partial charge in [-0.3, -0.25) is 4.79 Å². The van der Waals surface area contributed by atoms with Gasteiger partial charge in [0.25, 0.3) is 0 Å². The van der Waals surface area contributed by atoms with Crippen LogP contribution >= 0.6 is 0 Å². The molecule has 0 bridgehead atoms. The summed E-state index contributed by atoms with van der Waals surface area (Å²) in [5, 5.41) is 5.69. The average Bonchev–Trinajstić information content (AvgIpc) is 2.62. The van der Waals surface area contributed by atoms with Crippen molar-refractivity contribution in [3.63, 3.8) is 0 Å². The first-order valence-electron chi connectivity index (χ1n) is 7.56. The number of amides is 2. The number of carbonyl (C=O) groups excluding carboxylic acids is 2. The van der Waals surface area contributed by atoms with Gasteiger partial charge < -0.3 is 15.4 Å². The highest BCUT2D eigenvalue weighted by molar-refractivity contribution is 5.92. The molecule has 1 aliphatic heterocycles. The molecule has 2 amide bonds. The van der Waals surface area contributed by atoms with Crippen molar-refractivity contribution in [1.29, 1.82) is 0 Å². The van der Waals surface area contributed by atoms with Crippen LogP contribution in [0, 0.1) is 0 Å². The SMILES string of the molecule is C[C@@H]1C[C@](Cc2ccccc2)(NC(=O)OC(C)(C)C)C(=O)N1. The molecule has 0 unspecified atom stereocenters. The van der Waals surface area contributed by atoms with Crippen molar-refractivity contribution in [2.24, 2.45) is 0 Å². The van der Waals surface area contributed by atoms with Gasteiger partial charge in [0.1, 0.15) is 11.1 Å². The minimum atomic E-state index is -0.955. The van der Waals surface area contributed by atoms with Crippen molar-refractivity contribution in [3.05, 3.63) is 35.9 Å². The monoisotopic (exact) mass is 304 g/mol. The van der Waals surface area contributed by atoms with Crippen molar-refractivity contribution >= 4 is 12.0 Å². The molecule has 2 atom stereocenters. The fourth-order valence-corrected chi connectivity index (χ4v) is 2.78. The van der Waals surface area contributed by atoms with E-state index in [-0.39, 0.29) is 11.9 Å². The molecule has 0 radical (unpaired) electrons. The van der Waals surface area contributed by atoms with Crippen LogP contribution in [-0.2, 0) is 16.0 Å².